The average molecular weight is 416 g/mol. The van der Waals surface area contributed by atoms with Crippen molar-refractivity contribution >= 4 is 17.8 Å². The minimum Gasteiger partial charge on any atom is -0.316 e. The summed E-state index contributed by atoms with van der Waals surface area (Å²) in [6.07, 6.45) is 3.26. The molecule has 4 aromatic rings. The normalized spacial score (nSPS) is 11.0. The van der Waals surface area contributed by atoms with Gasteiger partial charge in [0, 0.05) is 29.6 Å². The minimum atomic E-state index is -0.454. The van der Waals surface area contributed by atoms with Crippen molar-refractivity contribution in [1.82, 2.24) is 30.2 Å². The van der Waals surface area contributed by atoms with E-state index in [1.807, 2.05) is 30.3 Å². The van der Waals surface area contributed by atoms with Gasteiger partial charge in [-0.3, -0.25) is 14.9 Å². The molecule has 0 unspecified atom stereocenters. The number of non-ortho nitro benzene ring substituents is 1. The van der Waals surface area contributed by atoms with Gasteiger partial charge in [0.15, 0.2) is 0 Å². The SMILES string of the molecule is O=C(Cn1nnc(-c2ccccc2)n1)N/N=C\c1cccn1-c1ccc([N+](=O)[O-])cc1. The van der Waals surface area contributed by atoms with Gasteiger partial charge in [0.1, 0.15) is 6.54 Å². The Morgan fingerprint density at radius 2 is 1.87 bits per heavy atom. The van der Waals surface area contributed by atoms with Crippen LogP contribution in [0.15, 0.2) is 78.0 Å². The molecule has 31 heavy (non-hydrogen) atoms. The lowest BCUT2D eigenvalue weighted by Gasteiger charge is -2.05. The average Bonchev–Trinajstić information content (AvgIpc) is 3.44. The Morgan fingerprint density at radius 1 is 1.10 bits per heavy atom. The van der Waals surface area contributed by atoms with Crippen molar-refractivity contribution in [3.63, 3.8) is 0 Å². The summed E-state index contributed by atoms with van der Waals surface area (Å²) in [6, 6.07) is 19.0. The van der Waals surface area contributed by atoms with Crippen molar-refractivity contribution in [2.45, 2.75) is 6.54 Å². The van der Waals surface area contributed by atoms with Crippen LogP contribution in [0.1, 0.15) is 5.69 Å². The van der Waals surface area contributed by atoms with Gasteiger partial charge >= 0.3 is 0 Å². The molecule has 0 aliphatic carbocycles. The number of carbonyl (C=O) groups excluding carboxylic acids is 1. The number of nitro benzene ring substituents is 1. The minimum absolute atomic E-state index is 0.00975. The first-order chi connectivity index (χ1) is 15.1. The highest BCUT2D eigenvalue weighted by Crippen LogP contribution is 2.17. The van der Waals surface area contributed by atoms with Gasteiger partial charge in [-0.2, -0.15) is 9.90 Å². The quantitative estimate of drug-likeness (QED) is 0.279. The summed E-state index contributed by atoms with van der Waals surface area (Å²) in [4.78, 5) is 23.7. The number of hydrazone groups is 1. The first-order valence-corrected chi connectivity index (χ1v) is 9.17. The summed E-state index contributed by atoms with van der Waals surface area (Å²) < 4.78 is 1.78. The third kappa shape index (κ3) is 4.67. The molecule has 0 fully saturated rings. The fourth-order valence-electron chi connectivity index (χ4n) is 2.82. The Balaban J connectivity index is 1.37. The number of amides is 1. The number of rotatable bonds is 7. The highest BCUT2D eigenvalue weighted by Gasteiger charge is 2.09. The molecule has 0 spiro atoms. The Hall–Kier alpha value is -4.67. The summed E-state index contributed by atoms with van der Waals surface area (Å²) in [5.74, 6) is 0.0135. The Labute approximate surface area is 175 Å². The van der Waals surface area contributed by atoms with Crippen LogP contribution >= 0.6 is 0 Å². The molecular weight excluding hydrogens is 400 g/mol. The lowest BCUT2D eigenvalue weighted by atomic mass is 10.2. The van der Waals surface area contributed by atoms with E-state index in [0.717, 1.165) is 11.3 Å². The van der Waals surface area contributed by atoms with E-state index < -0.39 is 10.8 Å². The molecule has 11 heteroatoms. The number of hydrogen-bond donors (Lipinski definition) is 1. The summed E-state index contributed by atoms with van der Waals surface area (Å²) >= 11 is 0. The number of benzene rings is 2. The van der Waals surface area contributed by atoms with Gasteiger partial charge in [0.05, 0.1) is 16.8 Å². The largest absolute Gasteiger partial charge is 0.316 e. The van der Waals surface area contributed by atoms with Crippen LogP contribution in [0.25, 0.3) is 17.1 Å². The van der Waals surface area contributed by atoms with Crippen molar-refractivity contribution in [3.8, 4) is 17.1 Å². The number of nitrogens with one attached hydrogen (secondary N) is 1. The van der Waals surface area contributed by atoms with E-state index in [-0.39, 0.29) is 12.2 Å². The highest BCUT2D eigenvalue weighted by atomic mass is 16.6. The summed E-state index contributed by atoms with van der Waals surface area (Å²) in [6.45, 7) is -0.138. The van der Waals surface area contributed by atoms with Crippen molar-refractivity contribution < 1.29 is 9.72 Å². The van der Waals surface area contributed by atoms with Crippen LogP contribution in [0.2, 0.25) is 0 Å². The summed E-state index contributed by atoms with van der Waals surface area (Å²) in [7, 11) is 0. The van der Waals surface area contributed by atoms with Crippen molar-refractivity contribution in [1.29, 1.82) is 0 Å². The molecule has 0 saturated carbocycles. The topological polar surface area (TPSA) is 133 Å². The summed E-state index contributed by atoms with van der Waals surface area (Å²) in [5, 5.41) is 26.8. The van der Waals surface area contributed by atoms with Gasteiger partial charge in [-0.25, -0.2) is 5.43 Å². The van der Waals surface area contributed by atoms with Gasteiger partial charge in [0.2, 0.25) is 5.82 Å². The van der Waals surface area contributed by atoms with E-state index in [1.54, 1.807) is 35.0 Å². The van der Waals surface area contributed by atoms with Crippen LogP contribution in [0.5, 0.6) is 0 Å². The zero-order valence-electron chi connectivity index (χ0n) is 16.1. The molecule has 0 aliphatic heterocycles. The van der Waals surface area contributed by atoms with E-state index in [9.17, 15) is 14.9 Å². The first-order valence-electron chi connectivity index (χ1n) is 9.17. The summed E-state index contributed by atoms with van der Waals surface area (Å²) in [5.41, 5.74) is 4.64. The molecule has 11 nitrogen and oxygen atoms in total. The molecule has 0 aliphatic rings. The number of aromatic nitrogens is 5. The molecule has 4 rings (SSSR count). The van der Waals surface area contributed by atoms with Gasteiger partial charge in [-0.05, 0) is 29.5 Å². The molecule has 2 heterocycles. The van der Waals surface area contributed by atoms with Crippen LogP contribution in [0.3, 0.4) is 0 Å². The number of tetrazole rings is 1. The number of hydrogen-bond acceptors (Lipinski definition) is 7. The third-order valence-electron chi connectivity index (χ3n) is 4.27. The molecule has 2 aromatic carbocycles. The molecule has 0 saturated heterocycles. The van der Waals surface area contributed by atoms with Crippen LogP contribution in [-0.4, -0.2) is 41.8 Å². The second kappa shape index (κ2) is 8.78. The number of carbonyl (C=O) groups is 1. The van der Waals surface area contributed by atoms with E-state index in [0.29, 0.717) is 11.5 Å². The van der Waals surface area contributed by atoms with Crippen molar-refractivity contribution in [2.24, 2.45) is 5.10 Å². The van der Waals surface area contributed by atoms with Crippen LogP contribution in [0, 0.1) is 10.1 Å². The number of nitrogens with zero attached hydrogens (tertiary/aromatic N) is 7. The van der Waals surface area contributed by atoms with Crippen molar-refractivity contribution in [3.05, 3.63) is 88.7 Å². The lowest BCUT2D eigenvalue weighted by Crippen LogP contribution is -2.24. The smallest absolute Gasteiger partial charge is 0.269 e. The molecule has 2 aromatic heterocycles. The van der Waals surface area contributed by atoms with Gasteiger partial charge < -0.3 is 4.57 Å². The molecule has 0 atom stereocenters. The van der Waals surface area contributed by atoms with Crippen LogP contribution in [0.4, 0.5) is 5.69 Å². The van der Waals surface area contributed by atoms with Crippen LogP contribution in [-0.2, 0) is 11.3 Å². The maximum Gasteiger partial charge on any atom is 0.269 e. The van der Waals surface area contributed by atoms with Gasteiger partial charge in [-0.15, -0.1) is 10.2 Å². The van der Waals surface area contributed by atoms with Gasteiger partial charge in [-0.1, -0.05) is 30.3 Å². The maximum absolute atomic E-state index is 12.1. The maximum atomic E-state index is 12.1. The Morgan fingerprint density at radius 3 is 2.61 bits per heavy atom. The fourth-order valence-corrected chi connectivity index (χ4v) is 2.82. The van der Waals surface area contributed by atoms with E-state index in [1.165, 1.54) is 23.1 Å². The third-order valence-corrected chi connectivity index (χ3v) is 4.27. The van der Waals surface area contributed by atoms with Crippen molar-refractivity contribution in [2.75, 3.05) is 0 Å². The Kier molecular flexibility index (Phi) is 5.56. The van der Waals surface area contributed by atoms with E-state index >= 15 is 0 Å². The predicted molar refractivity (Wildman–Crippen MR) is 111 cm³/mol. The molecule has 1 N–H and O–H groups in total. The lowest BCUT2D eigenvalue weighted by molar-refractivity contribution is -0.384. The fraction of sp³-hybridized carbons (Fsp3) is 0.0500. The Bertz CT molecular complexity index is 1230. The molecule has 0 radical (unpaired) electrons. The molecular formula is C20H16N8O3. The second-order valence-corrected chi connectivity index (χ2v) is 6.38. The second-order valence-electron chi connectivity index (χ2n) is 6.38. The molecule has 0 bridgehead atoms. The zero-order chi connectivity index (χ0) is 21.6. The first kappa shape index (κ1) is 19.6. The van der Waals surface area contributed by atoms with Gasteiger partial charge in [0.25, 0.3) is 11.6 Å². The standard InChI is InChI=1S/C20H16N8O3/c29-19(14-27-24-20(23-25-27)15-5-2-1-3-6-15)22-21-13-18-7-4-12-26(18)16-8-10-17(11-9-16)28(30)31/h1-13H,14H2,(H,22,29)/b21-13-. The highest BCUT2D eigenvalue weighted by molar-refractivity contribution is 5.81. The monoisotopic (exact) mass is 416 g/mol. The van der Waals surface area contributed by atoms with E-state index in [2.05, 4.69) is 25.9 Å². The molecule has 1 amide bonds. The van der Waals surface area contributed by atoms with Crippen LogP contribution < -0.4 is 5.43 Å². The molecule has 154 valence electrons. The number of nitro groups is 1. The van der Waals surface area contributed by atoms with E-state index in [4.69, 9.17) is 0 Å². The zero-order valence-corrected chi connectivity index (χ0v) is 16.1. The predicted octanol–water partition coefficient (Wildman–Crippen LogP) is 2.19.